The zero-order chi connectivity index (χ0) is 20.1. The van der Waals surface area contributed by atoms with Crippen molar-refractivity contribution in [3.8, 4) is 0 Å². The summed E-state index contributed by atoms with van der Waals surface area (Å²) in [4.78, 5) is 43.2. The predicted molar refractivity (Wildman–Crippen MR) is 101 cm³/mol. The molecule has 1 aliphatic rings. The number of amides is 3. The highest BCUT2D eigenvalue weighted by atomic mass is 32.2. The number of rotatable bonds is 4. The molecule has 1 aromatic carbocycles. The normalized spacial score (nSPS) is 15.2. The largest absolute Gasteiger partial charge is 0.459 e. The number of anilines is 1. The Balaban J connectivity index is 1.61. The van der Waals surface area contributed by atoms with Crippen LogP contribution in [0, 0.1) is 11.2 Å². The molecule has 11 heteroatoms. The van der Waals surface area contributed by atoms with Crippen LogP contribution >= 0.6 is 11.8 Å². The molecule has 3 rings (SSSR count). The Morgan fingerprint density at radius 3 is 2.75 bits per heavy atom. The molecule has 2 heterocycles. The van der Waals surface area contributed by atoms with Crippen LogP contribution in [0.3, 0.4) is 0 Å². The van der Waals surface area contributed by atoms with Gasteiger partial charge in [-0.05, 0) is 24.3 Å². The van der Waals surface area contributed by atoms with E-state index in [0.29, 0.717) is 0 Å². The lowest BCUT2D eigenvalue weighted by molar-refractivity contribution is -0.114. The second-order valence-corrected chi connectivity index (χ2v) is 6.24. The molecular formula is C17H12FN5O4S. The Morgan fingerprint density at radius 1 is 1.29 bits per heavy atom. The molecule has 2 aromatic rings. The molecule has 0 saturated carbocycles. The predicted octanol–water partition coefficient (Wildman–Crippen LogP) is 1.83. The van der Waals surface area contributed by atoms with Crippen LogP contribution in [0.2, 0.25) is 0 Å². The average molecular weight is 401 g/mol. The summed E-state index contributed by atoms with van der Waals surface area (Å²) >= 11 is 0.841. The van der Waals surface area contributed by atoms with Crippen LogP contribution in [0.5, 0.6) is 0 Å². The lowest BCUT2D eigenvalue weighted by Gasteiger charge is -2.14. The van der Waals surface area contributed by atoms with Gasteiger partial charge in [-0.2, -0.15) is 4.99 Å². The van der Waals surface area contributed by atoms with Crippen LogP contribution in [0.1, 0.15) is 10.6 Å². The van der Waals surface area contributed by atoms with Crippen molar-refractivity contribution in [1.29, 1.82) is 5.41 Å². The van der Waals surface area contributed by atoms with Crippen LogP contribution in [-0.2, 0) is 9.59 Å². The van der Waals surface area contributed by atoms with Crippen LogP contribution in [0.25, 0.3) is 0 Å². The first-order valence-corrected chi connectivity index (χ1v) is 8.75. The minimum Gasteiger partial charge on any atom is -0.459 e. The molecule has 28 heavy (non-hydrogen) atoms. The fraction of sp³-hybridized carbons (Fsp3) is 0.0588. The SMILES string of the molecule is N=C1N=C(SCC(=O)Nc2ccccc2F)NC(=O)C1=NC(=O)c1ccco1. The van der Waals surface area contributed by atoms with E-state index in [4.69, 9.17) is 9.83 Å². The smallest absolute Gasteiger partial charge is 0.313 e. The fourth-order valence-corrected chi connectivity index (χ4v) is 2.72. The van der Waals surface area contributed by atoms with Crippen LogP contribution < -0.4 is 10.6 Å². The summed E-state index contributed by atoms with van der Waals surface area (Å²) in [5, 5.41) is 12.5. The Morgan fingerprint density at radius 2 is 2.07 bits per heavy atom. The Bertz CT molecular complexity index is 1020. The van der Waals surface area contributed by atoms with Gasteiger partial charge < -0.3 is 9.73 Å². The summed E-state index contributed by atoms with van der Waals surface area (Å²) in [6.45, 7) is 0. The van der Waals surface area contributed by atoms with Crippen molar-refractivity contribution in [2.45, 2.75) is 0 Å². The van der Waals surface area contributed by atoms with E-state index < -0.39 is 35.1 Å². The van der Waals surface area contributed by atoms with Gasteiger partial charge >= 0.3 is 5.91 Å². The van der Waals surface area contributed by atoms with Gasteiger partial charge in [-0.1, -0.05) is 23.9 Å². The number of para-hydroxylation sites is 1. The van der Waals surface area contributed by atoms with Gasteiger partial charge in [-0.15, -0.1) is 0 Å². The number of thioether (sulfide) groups is 1. The van der Waals surface area contributed by atoms with Crippen molar-refractivity contribution in [2.24, 2.45) is 9.98 Å². The molecular weight excluding hydrogens is 389 g/mol. The van der Waals surface area contributed by atoms with E-state index in [0.717, 1.165) is 11.8 Å². The average Bonchev–Trinajstić information content (AvgIpc) is 3.20. The lowest BCUT2D eigenvalue weighted by atomic mass is 10.3. The second kappa shape index (κ2) is 8.39. The summed E-state index contributed by atoms with van der Waals surface area (Å²) in [5.74, 6) is -3.52. The van der Waals surface area contributed by atoms with Gasteiger partial charge in [0.2, 0.25) is 5.91 Å². The number of hydrogen-bond donors (Lipinski definition) is 3. The molecule has 0 atom stereocenters. The van der Waals surface area contributed by atoms with E-state index in [2.05, 4.69) is 20.6 Å². The minimum atomic E-state index is -0.824. The van der Waals surface area contributed by atoms with Crippen molar-refractivity contribution in [3.63, 3.8) is 0 Å². The number of carbonyl (C=O) groups is 3. The van der Waals surface area contributed by atoms with E-state index in [1.807, 2.05) is 0 Å². The maximum Gasteiger partial charge on any atom is 0.313 e. The van der Waals surface area contributed by atoms with Gasteiger partial charge in [0.05, 0.1) is 17.7 Å². The van der Waals surface area contributed by atoms with Crippen molar-refractivity contribution >= 4 is 51.9 Å². The maximum atomic E-state index is 13.5. The van der Waals surface area contributed by atoms with Gasteiger partial charge in [-0.25, -0.2) is 9.38 Å². The first kappa shape index (κ1) is 19.2. The number of amidine groups is 2. The van der Waals surface area contributed by atoms with E-state index in [-0.39, 0.29) is 22.4 Å². The van der Waals surface area contributed by atoms with Gasteiger partial charge in [0.25, 0.3) is 5.91 Å². The van der Waals surface area contributed by atoms with Gasteiger partial charge in [-0.3, -0.25) is 25.1 Å². The molecule has 0 spiro atoms. The zero-order valence-corrected chi connectivity index (χ0v) is 14.9. The molecule has 3 N–H and O–H groups in total. The molecule has 0 unspecified atom stereocenters. The van der Waals surface area contributed by atoms with E-state index >= 15 is 0 Å². The highest BCUT2D eigenvalue weighted by molar-refractivity contribution is 8.14. The number of furan rings is 1. The van der Waals surface area contributed by atoms with E-state index in [1.165, 1.54) is 36.6 Å². The molecule has 0 fully saturated rings. The molecule has 0 aliphatic carbocycles. The number of nitrogens with one attached hydrogen (secondary N) is 3. The van der Waals surface area contributed by atoms with Crippen LogP contribution in [0.15, 0.2) is 57.1 Å². The number of aliphatic imine (C=N–C) groups is 2. The van der Waals surface area contributed by atoms with Crippen molar-refractivity contribution in [2.75, 3.05) is 11.1 Å². The Labute approximate surface area is 161 Å². The van der Waals surface area contributed by atoms with Crippen LogP contribution in [-0.4, -0.2) is 40.2 Å². The monoisotopic (exact) mass is 401 g/mol. The van der Waals surface area contributed by atoms with E-state index in [1.54, 1.807) is 6.07 Å². The summed E-state index contributed by atoms with van der Waals surface area (Å²) in [6, 6.07) is 8.54. The number of nitrogens with zero attached hydrogens (tertiary/aromatic N) is 2. The molecule has 0 bridgehead atoms. The van der Waals surface area contributed by atoms with Gasteiger partial charge in [0.15, 0.2) is 22.5 Å². The van der Waals surface area contributed by atoms with Crippen molar-refractivity contribution in [3.05, 3.63) is 54.2 Å². The molecule has 1 aliphatic heterocycles. The number of benzene rings is 1. The zero-order valence-electron chi connectivity index (χ0n) is 14.1. The maximum absolute atomic E-state index is 13.5. The number of carbonyl (C=O) groups excluding carboxylic acids is 3. The third-order valence-corrected chi connectivity index (χ3v) is 4.18. The fourth-order valence-electron chi connectivity index (χ4n) is 2.06. The third kappa shape index (κ3) is 4.57. The van der Waals surface area contributed by atoms with Gasteiger partial charge in [0.1, 0.15) is 5.82 Å². The van der Waals surface area contributed by atoms with Crippen molar-refractivity contribution < 1.29 is 23.2 Å². The minimum absolute atomic E-state index is 0.0110. The van der Waals surface area contributed by atoms with Gasteiger partial charge in [0, 0.05) is 0 Å². The molecule has 0 radical (unpaired) electrons. The molecule has 9 nitrogen and oxygen atoms in total. The second-order valence-electron chi connectivity index (χ2n) is 5.28. The summed E-state index contributed by atoms with van der Waals surface area (Å²) in [7, 11) is 0. The summed E-state index contributed by atoms with van der Waals surface area (Å²) in [6.07, 6.45) is 1.28. The van der Waals surface area contributed by atoms with Crippen LogP contribution in [0.4, 0.5) is 10.1 Å². The highest BCUT2D eigenvalue weighted by Gasteiger charge is 2.26. The third-order valence-electron chi connectivity index (χ3n) is 3.31. The molecule has 142 valence electrons. The first-order valence-electron chi connectivity index (χ1n) is 7.76. The van der Waals surface area contributed by atoms with Crippen molar-refractivity contribution in [1.82, 2.24) is 5.32 Å². The molecule has 0 saturated heterocycles. The summed E-state index contributed by atoms with van der Waals surface area (Å²) < 4.78 is 18.4. The Kier molecular flexibility index (Phi) is 5.75. The number of hydrogen-bond acceptors (Lipinski definition) is 6. The lowest BCUT2D eigenvalue weighted by Crippen LogP contribution is -2.43. The van der Waals surface area contributed by atoms with E-state index in [9.17, 15) is 18.8 Å². The quantitative estimate of drug-likeness (QED) is 0.718. The molecule has 3 amide bonds. The standard InChI is InChI=1S/C17H12FN5O4S/c18-9-4-1-2-5-10(9)20-12(24)8-28-17-22-14(19)13(16(26)23-17)21-15(25)11-6-3-7-27-11/h1-7H,8H2,(H,20,24)(H2,19,22,23,26). The Hall–Kier alpha value is -3.60. The molecule has 1 aromatic heterocycles. The number of halogens is 1. The highest BCUT2D eigenvalue weighted by Crippen LogP contribution is 2.14. The first-order chi connectivity index (χ1) is 13.4. The topological polar surface area (TPSA) is 137 Å². The summed E-state index contributed by atoms with van der Waals surface area (Å²) in [5.41, 5.74) is -0.442.